The molecule has 0 saturated carbocycles. The van der Waals surface area contributed by atoms with Crippen LogP contribution in [0.3, 0.4) is 0 Å². The molecule has 1 aromatic rings. The Morgan fingerprint density at radius 1 is 1.17 bits per heavy atom. The first-order valence-electron chi connectivity index (χ1n) is 8.80. The summed E-state index contributed by atoms with van der Waals surface area (Å²) in [5.74, 6) is 0.409. The number of nitrogens with one attached hydrogen (secondary N) is 1. The van der Waals surface area contributed by atoms with Gasteiger partial charge in [-0.2, -0.15) is 0 Å². The maximum Gasteiger partial charge on any atom is 0.317 e. The smallest absolute Gasteiger partial charge is 0.317 e. The van der Waals surface area contributed by atoms with Gasteiger partial charge in [-0.1, -0.05) is 0 Å². The number of hydrogen-bond donors (Lipinski definition) is 2. The van der Waals surface area contributed by atoms with Crippen molar-refractivity contribution in [2.24, 2.45) is 11.8 Å². The number of aliphatic hydroxyl groups excluding tert-OH is 1. The predicted molar refractivity (Wildman–Crippen MR) is 91.5 cm³/mol. The Bertz CT molecular complexity index is 552. The summed E-state index contributed by atoms with van der Waals surface area (Å²) >= 11 is 0. The number of anilines is 1. The van der Waals surface area contributed by atoms with E-state index in [0.717, 1.165) is 44.6 Å². The van der Waals surface area contributed by atoms with E-state index in [2.05, 4.69) is 10.2 Å². The van der Waals surface area contributed by atoms with E-state index in [4.69, 9.17) is 0 Å². The van der Waals surface area contributed by atoms with Gasteiger partial charge in [0.1, 0.15) is 5.82 Å². The van der Waals surface area contributed by atoms with E-state index in [1.807, 2.05) is 4.90 Å². The molecular formula is C18H26FN3O2. The number of nitrogens with zero attached hydrogens (tertiary/aromatic N) is 2. The lowest BCUT2D eigenvalue weighted by Crippen LogP contribution is -2.47. The zero-order valence-corrected chi connectivity index (χ0v) is 14.0. The molecule has 2 unspecified atom stereocenters. The first-order valence-corrected chi connectivity index (χ1v) is 8.80. The number of benzene rings is 1. The molecule has 3 rings (SSSR count). The number of urea groups is 1. The van der Waals surface area contributed by atoms with E-state index in [1.54, 1.807) is 12.1 Å². The number of carbonyl (C=O) groups is 1. The first-order chi connectivity index (χ1) is 11.7. The van der Waals surface area contributed by atoms with Gasteiger partial charge in [0.15, 0.2) is 0 Å². The van der Waals surface area contributed by atoms with Crippen LogP contribution in [0.5, 0.6) is 0 Å². The third-order valence-corrected chi connectivity index (χ3v) is 5.08. The van der Waals surface area contributed by atoms with Crippen LogP contribution in [0.4, 0.5) is 14.9 Å². The Labute approximate surface area is 142 Å². The topological polar surface area (TPSA) is 55.8 Å². The summed E-state index contributed by atoms with van der Waals surface area (Å²) in [5, 5.41) is 12.3. The molecule has 5 nitrogen and oxygen atoms in total. The monoisotopic (exact) mass is 335 g/mol. The molecule has 2 fully saturated rings. The highest BCUT2D eigenvalue weighted by Gasteiger charge is 2.26. The van der Waals surface area contributed by atoms with Crippen LogP contribution < -0.4 is 10.2 Å². The van der Waals surface area contributed by atoms with Crippen LogP contribution in [0.1, 0.15) is 19.3 Å². The van der Waals surface area contributed by atoms with Crippen LogP contribution in [0.2, 0.25) is 0 Å². The number of rotatable bonds is 4. The standard InChI is InChI=1S/C18H26FN3O2/c19-16-3-5-17(6-4-16)21-9-7-14(11-21)10-20-18(24)22-8-1-2-15(12-22)13-23/h3-6,14-15,23H,1-2,7-13H2,(H,20,24). The average molecular weight is 335 g/mol. The van der Waals surface area contributed by atoms with Gasteiger partial charge in [-0.3, -0.25) is 0 Å². The van der Waals surface area contributed by atoms with Crippen molar-refractivity contribution in [1.29, 1.82) is 0 Å². The van der Waals surface area contributed by atoms with E-state index in [0.29, 0.717) is 19.0 Å². The number of hydrogen-bond acceptors (Lipinski definition) is 3. The number of aliphatic hydroxyl groups is 1. The molecule has 6 heteroatoms. The Kier molecular flexibility index (Phi) is 5.56. The quantitative estimate of drug-likeness (QED) is 0.886. The second-order valence-electron chi connectivity index (χ2n) is 6.90. The third kappa shape index (κ3) is 4.17. The third-order valence-electron chi connectivity index (χ3n) is 5.08. The summed E-state index contributed by atoms with van der Waals surface area (Å²) in [4.78, 5) is 16.3. The molecule has 2 amide bonds. The Balaban J connectivity index is 1.44. The van der Waals surface area contributed by atoms with Crippen LogP contribution in [-0.2, 0) is 0 Å². The van der Waals surface area contributed by atoms with Crippen LogP contribution in [0.25, 0.3) is 0 Å². The predicted octanol–water partition coefficient (Wildman–Crippen LogP) is 2.07. The van der Waals surface area contributed by atoms with Gasteiger partial charge in [0, 0.05) is 45.0 Å². The highest BCUT2D eigenvalue weighted by molar-refractivity contribution is 5.74. The minimum atomic E-state index is -0.218. The molecule has 2 saturated heterocycles. The highest BCUT2D eigenvalue weighted by atomic mass is 19.1. The largest absolute Gasteiger partial charge is 0.396 e. The molecule has 24 heavy (non-hydrogen) atoms. The van der Waals surface area contributed by atoms with Crippen LogP contribution in [0, 0.1) is 17.7 Å². The van der Waals surface area contributed by atoms with Crippen molar-refractivity contribution >= 4 is 11.7 Å². The average Bonchev–Trinajstić information content (AvgIpc) is 3.09. The number of likely N-dealkylation sites (tertiary alicyclic amines) is 1. The molecule has 0 bridgehead atoms. The number of amides is 2. The molecule has 0 radical (unpaired) electrons. The number of halogens is 1. The lowest BCUT2D eigenvalue weighted by atomic mass is 9.99. The maximum absolute atomic E-state index is 13.0. The second kappa shape index (κ2) is 7.83. The van der Waals surface area contributed by atoms with Crippen molar-refractivity contribution in [3.63, 3.8) is 0 Å². The first kappa shape index (κ1) is 17.0. The van der Waals surface area contributed by atoms with Crippen molar-refractivity contribution in [3.8, 4) is 0 Å². The number of carbonyl (C=O) groups excluding carboxylic acids is 1. The van der Waals surface area contributed by atoms with Crippen LogP contribution in [-0.4, -0.2) is 55.4 Å². The second-order valence-corrected chi connectivity index (χ2v) is 6.90. The fraction of sp³-hybridized carbons (Fsp3) is 0.611. The molecule has 0 aromatic heterocycles. The summed E-state index contributed by atoms with van der Waals surface area (Å²) in [6, 6.07) is 6.56. The molecule has 0 aliphatic carbocycles. The Morgan fingerprint density at radius 3 is 2.71 bits per heavy atom. The molecule has 1 aromatic carbocycles. The van der Waals surface area contributed by atoms with Crippen LogP contribution in [0.15, 0.2) is 24.3 Å². The van der Waals surface area contributed by atoms with Gasteiger partial charge in [0.05, 0.1) is 0 Å². The lowest BCUT2D eigenvalue weighted by Gasteiger charge is -2.32. The van der Waals surface area contributed by atoms with Crippen molar-refractivity contribution in [3.05, 3.63) is 30.1 Å². The lowest BCUT2D eigenvalue weighted by molar-refractivity contribution is 0.129. The molecule has 132 valence electrons. The van der Waals surface area contributed by atoms with Gasteiger partial charge in [0.25, 0.3) is 0 Å². The van der Waals surface area contributed by atoms with E-state index in [-0.39, 0.29) is 24.4 Å². The van der Waals surface area contributed by atoms with Crippen LogP contribution >= 0.6 is 0 Å². The number of piperidine rings is 1. The summed E-state index contributed by atoms with van der Waals surface area (Å²) in [7, 11) is 0. The normalized spacial score (nSPS) is 24.2. The van der Waals surface area contributed by atoms with Crippen molar-refractivity contribution in [1.82, 2.24) is 10.2 Å². The highest BCUT2D eigenvalue weighted by Crippen LogP contribution is 2.23. The van der Waals surface area contributed by atoms with Gasteiger partial charge in [-0.15, -0.1) is 0 Å². The van der Waals surface area contributed by atoms with Crippen molar-refractivity contribution in [2.75, 3.05) is 44.2 Å². The summed E-state index contributed by atoms with van der Waals surface area (Å²) < 4.78 is 13.0. The summed E-state index contributed by atoms with van der Waals surface area (Å²) in [6.45, 7) is 4.05. The van der Waals surface area contributed by atoms with Crippen molar-refractivity contribution < 1.29 is 14.3 Å². The van der Waals surface area contributed by atoms with Gasteiger partial charge in [0.2, 0.25) is 0 Å². The molecule has 2 aliphatic rings. The van der Waals surface area contributed by atoms with E-state index >= 15 is 0 Å². The molecular weight excluding hydrogens is 309 g/mol. The van der Waals surface area contributed by atoms with Crippen molar-refractivity contribution in [2.45, 2.75) is 19.3 Å². The zero-order chi connectivity index (χ0) is 16.9. The SMILES string of the molecule is O=C(NCC1CCN(c2ccc(F)cc2)C1)N1CCCC(CO)C1. The minimum absolute atomic E-state index is 0.0200. The zero-order valence-electron chi connectivity index (χ0n) is 14.0. The maximum atomic E-state index is 13.0. The molecule has 2 atom stereocenters. The van der Waals surface area contributed by atoms with Gasteiger partial charge in [-0.05, 0) is 55.4 Å². The Morgan fingerprint density at radius 2 is 1.96 bits per heavy atom. The van der Waals surface area contributed by atoms with E-state index < -0.39 is 0 Å². The van der Waals surface area contributed by atoms with Gasteiger partial charge < -0.3 is 20.2 Å². The van der Waals surface area contributed by atoms with E-state index in [9.17, 15) is 14.3 Å². The Hall–Kier alpha value is -1.82. The molecule has 0 spiro atoms. The molecule has 2 heterocycles. The van der Waals surface area contributed by atoms with Gasteiger partial charge in [-0.25, -0.2) is 9.18 Å². The minimum Gasteiger partial charge on any atom is -0.396 e. The fourth-order valence-corrected chi connectivity index (χ4v) is 3.63. The molecule has 2 N–H and O–H groups in total. The molecule has 2 aliphatic heterocycles. The van der Waals surface area contributed by atoms with E-state index in [1.165, 1.54) is 12.1 Å². The fourth-order valence-electron chi connectivity index (χ4n) is 3.63. The van der Waals surface area contributed by atoms with Gasteiger partial charge >= 0.3 is 6.03 Å². The summed E-state index contributed by atoms with van der Waals surface area (Å²) in [6.07, 6.45) is 2.98. The summed E-state index contributed by atoms with van der Waals surface area (Å²) in [5.41, 5.74) is 1.03.